The fourth-order valence-corrected chi connectivity index (χ4v) is 3.62. The average molecular weight is 433 g/mol. The summed E-state index contributed by atoms with van der Waals surface area (Å²) in [5.74, 6) is 0.599. The lowest BCUT2D eigenvalue weighted by Gasteiger charge is -2.34. The molecular formula is C21H32N6O4. The summed E-state index contributed by atoms with van der Waals surface area (Å²) in [6, 6.07) is -0.109. The van der Waals surface area contributed by atoms with Crippen molar-refractivity contribution in [2.75, 3.05) is 18.0 Å². The molecule has 1 atom stereocenters. The smallest absolute Gasteiger partial charge is 0.407 e. The number of nitrogens with zero attached hydrogens (tertiary/aromatic N) is 4. The minimum atomic E-state index is -0.567. The lowest BCUT2D eigenvalue weighted by atomic mass is 10.1. The molecule has 0 aliphatic carbocycles. The number of allylic oxidation sites excluding steroid dienone is 2. The molecule has 1 aliphatic rings. The topological polar surface area (TPSA) is 114 Å². The minimum Gasteiger partial charge on any atom is -0.444 e. The SMILES string of the molecule is CC(C)=CCn1c(N2CCCC(NC(=O)OC(C)(C)C)C2)nc2[nH]c(=O)n(C)c(=O)c21. The first-order valence-electron chi connectivity index (χ1n) is 10.5. The van der Waals surface area contributed by atoms with E-state index in [9.17, 15) is 14.4 Å². The molecule has 2 aromatic rings. The Kier molecular flexibility index (Phi) is 6.28. The highest BCUT2D eigenvalue weighted by molar-refractivity contribution is 5.74. The van der Waals surface area contributed by atoms with Crippen LogP contribution in [-0.2, 0) is 18.3 Å². The number of alkyl carbamates (subject to hydrolysis) is 1. The molecule has 10 heteroatoms. The zero-order valence-electron chi connectivity index (χ0n) is 19.1. The van der Waals surface area contributed by atoms with E-state index >= 15 is 0 Å². The van der Waals surface area contributed by atoms with Gasteiger partial charge in [-0.3, -0.25) is 14.3 Å². The third kappa shape index (κ3) is 5.18. The molecular weight excluding hydrogens is 400 g/mol. The molecule has 10 nitrogen and oxygen atoms in total. The molecule has 2 N–H and O–H groups in total. The fraction of sp³-hybridized carbons (Fsp3) is 0.619. The molecule has 3 rings (SSSR count). The number of aromatic amines is 1. The summed E-state index contributed by atoms with van der Waals surface area (Å²) < 4.78 is 8.26. The maximum absolute atomic E-state index is 12.8. The number of ether oxygens (including phenoxy) is 1. The van der Waals surface area contributed by atoms with Crippen molar-refractivity contribution in [2.24, 2.45) is 7.05 Å². The van der Waals surface area contributed by atoms with Gasteiger partial charge in [-0.15, -0.1) is 0 Å². The summed E-state index contributed by atoms with van der Waals surface area (Å²) in [5.41, 5.74) is 0.281. The molecule has 0 radical (unpaired) electrons. The van der Waals surface area contributed by atoms with E-state index in [1.54, 1.807) is 0 Å². The van der Waals surface area contributed by atoms with E-state index in [0.717, 1.165) is 29.5 Å². The molecule has 3 heterocycles. The molecule has 1 unspecified atom stereocenters. The standard InChI is InChI=1S/C21H32N6O4/c1-13(2)9-11-27-15-16(24-19(29)25(6)17(15)28)23-18(27)26-10-7-8-14(12-26)22-20(30)31-21(3,4)5/h9,14H,7-8,10-12H2,1-6H3,(H,22,30)(H,24,29). The summed E-state index contributed by atoms with van der Waals surface area (Å²) in [6.07, 6.45) is 3.23. The van der Waals surface area contributed by atoms with Gasteiger partial charge < -0.3 is 19.5 Å². The second-order valence-electron chi connectivity index (χ2n) is 9.23. The van der Waals surface area contributed by atoms with Crippen molar-refractivity contribution < 1.29 is 9.53 Å². The maximum Gasteiger partial charge on any atom is 0.407 e. The summed E-state index contributed by atoms with van der Waals surface area (Å²) in [6.45, 7) is 11.2. The van der Waals surface area contributed by atoms with Crippen LogP contribution in [0.25, 0.3) is 11.2 Å². The van der Waals surface area contributed by atoms with Crippen LogP contribution >= 0.6 is 0 Å². The van der Waals surface area contributed by atoms with Crippen molar-refractivity contribution in [3.63, 3.8) is 0 Å². The van der Waals surface area contributed by atoms with E-state index in [2.05, 4.69) is 15.3 Å². The van der Waals surface area contributed by atoms with Crippen molar-refractivity contribution in [3.8, 4) is 0 Å². The van der Waals surface area contributed by atoms with Crippen LogP contribution < -0.4 is 21.5 Å². The van der Waals surface area contributed by atoms with Crippen LogP contribution in [0.5, 0.6) is 0 Å². The lowest BCUT2D eigenvalue weighted by Crippen LogP contribution is -2.49. The summed E-state index contributed by atoms with van der Waals surface area (Å²) >= 11 is 0. The highest BCUT2D eigenvalue weighted by Gasteiger charge is 2.28. The van der Waals surface area contributed by atoms with Crippen LogP contribution in [0.2, 0.25) is 0 Å². The Balaban J connectivity index is 1.95. The van der Waals surface area contributed by atoms with Crippen molar-refractivity contribution in [1.82, 2.24) is 24.4 Å². The quantitative estimate of drug-likeness (QED) is 0.713. The number of fused-ring (bicyclic) bond motifs is 1. The number of rotatable bonds is 4. The van der Waals surface area contributed by atoms with Gasteiger partial charge in [-0.25, -0.2) is 9.59 Å². The number of carbonyl (C=O) groups excluding carboxylic acids is 1. The van der Waals surface area contributed by atoms with Gasteiger partial charge in [0.2, 0.25) is 5.95 Å². The number of nitrogens with one attached hydrogen (secondary N) is 2. The van der Waals surface area contributed by atoms with Crippen LogP contribution in [-0.4, -0.2) is 49.9 Å². The summed E-state index contributed by atoms with van der Waals surface area (Å²) in [5, 5.41) is 2.93. The third-order valence-corrected chi connectivity index (χ3v) is 5.09. The Morgan fingerprint density at radius 3 is 2.68 bits per heavy atom. The number of anilines is 1. The zero-order chi connectivity index (χ0) is 22.9. The predicted molar refractivity (Wildman–Crippen MR) is 120 cm³/mol. The van der Waals surface area contributed by atoms with Crippen LogP contribution in [0.4, 0.5) is 10.7 Å². The fourth-order valence-electron chi connectivity index (χ4n) is 3.62. The molecule has 1 saturated heterocycles. The molecule has 0 spiro atoms. The highest BCUT2D eigenvalue weighted by Crippen LogP contribution is 2.23. The molecule has 1 amide bonds. The molecule has 1 fully saturated rings. The van der Waals surface area contributed by atoms with Crippen LogP contribution in [0.1, 0.15) is 47.5 Å². The second kappa shape index (κ2) is 8.60. The third-order valence-electron chi connectivity index (χ3n) is 5.09. The first kappa shape index (κ1) is 22.6. The van der Waals surface area contributed by atoms with Crippen LogP contribution in [0.3, 0.4) is 0 Å². The largest absolute Gasteiger partial charge is 0.444 e. The van der Waals surface area contributed by atoms with E-state index in [4.69, 9.17) is 4.74 Å². The number of carbonyl (C=O) groups is 1. The van der Waals surface area contributed by atoms with E-state index < -0.39 is 17.4 Å². The number of amides is 1. The molecule has 0 saturated carbocycles. The number of piperidine rings is 1. The molecule has 170 valence electrons. The number of H-pyrrole nitrogens is 1. The van der Waals surface area contributed by atoms with Crippen LogP contribution in [0, 0.1) is 0 Å². The van der Waals surface area contributed by atoms with Gasteiger partial charge in [-0.1, -0.05) is 11.6 Å². The second-order valence-corrected chi connectivity index (χ2v) is 9.23. The van der Waals surface area contributed by atoms with Crippen molar-refractivity contribution in [1.29, 1.82) is 0 Å². The van der Waals surface area contributed by atoms with Crippen LogP contribution in [0.15, 0.2) is 21.2 Å². The van der Waals surface area contributed by atoms with Gasteiger partial charge in [0.05, 0.1) is 0 Å². The molecule has 2 aromatic heterocycles. The monoisotopic (exact) mass is 432 g/mol. The van der Waals surface area contributed by atoms with Gasteiger partial charge in [0.15, 0.2) is 11.2 Å². The Morgan fingerprint density at radius 2 is 2.03 bits per heavy atom. The number of imidazole rings is 1. The van der Waals surface area contributed by atoms with E-state index in [1.807, 2.05) is 50.2 Å². The first-order chi connectivity index (χ1) is 14.5. The maximum atomic E-state index is 12.8. The minimum absolute atomic E-state index is 0.109. The molecule has 0 bridgehead atoms. The van der Waals surface area contributed by atoms with Gasteiger partial charge in [0.25, 0.3) is 5.56 Å². The lowest BCUT2D eigenvalue weighted by molar-refractivity contribution is 0.0500. The number of hydrogen-bond acceptors (Lipinski definition) is 6. The van der Waals surface area contributed by atoms with E-state index in [-0.39, 0.29) is 17.2 Å². The Bertz CT molecular complexity index is 1110. The Labute approximate surface area is 180 Å². The Morgan fingerprint density at radius 1 is 1.32 bits per heavy atom. The Hall–Kier alpha value is -3.04. The number of aromatic nitrogens is 4. The molecule has 1 aliphatic heterocycles. The van der Waals surface area contributed by atoms with Crippen molar-refractivity contribution >= 4 is 23.2 Å². The van der Waals surface area contributed by atoms with Crippen molar-refractivity contribution in [3.05, 3.63) is 32.5 Å². The highest BCUT2D eigenvalue weighted by atomic mass is 16.6. The van der Waals surface area contributed by atoms with Gasteiger partial charge in [-0.05, 0) is 47.5 Å². The summed E-state index contributed by atoms with van der Waals surface area (Å²) in [7, 11) is 1.44. The van der Waals surface area contributed by atoms with Gasteiger partial charge in [0, 0.05) is 32.7 Å². The van der Waals surface area contributed by atoms with E-state index in [1.165, 1.54) is 7.05 Å². The summed E-state index contributed by atoms with van der Waals surface area (Å²) in [4.78, 5) is 46.4. The van der Waals surface area contributed by atoms with Gasteiger partial charge in [0.1, 0.15) is 5.60 Å². The molecule has 0 aromatic carbocycles. The van der Waals surface area contributed by atoms with Crippen molar-refractivity contribution in [2.45, 2.75) is 65.6 Å². The number of hydrogen-bond donors (Lipinski definition) is 2. The normalized spacial score (nSPS) is 17.0. The van der Waals surface area contributed by atoms with E-state index in [0.29, 0.717) is 24.6 Å². The first-order valence-corrected chi connectivity index (χ1v) is 10.5. The van der Waals surface area contributed by atoms with Gasteiger partial charge in [-0.2, -0.15) is 4.98 Å². The van der Waals surface area contributed by atoms with Gasteiger partial charge >= 0.3 is 11.8 Å². The average Bonchev–Trinajstić information content (AvgIpc) is 3.01. The molecule has 31 heavy (non-hydrogen) atoms. The zero-order valence-corrected chi connectivity index (χ0v) is 19.1. The predicted octanol–water partition coefficient (Wildman–Crippen LogP) is 1.88.